The minimum atomic E-state index is -0.125. The van der Waals surface area contributed by atoms with Gasteiger partial charge >= 0.3 is 6.03 Å². The van der Waals surface area contributed by atoms with Crippen molar-refractivity contribution in [3.8, 4) is 0 Å². The zero-order valence-corrected chi connectivity index (χ0v) is 14.0. The fraction of sp³-hybridized carbons (Fsp3) is 0.368. The third kappa shape index (κ3) is 4.25. The van der Waals surface area contributed by atoms with Gasteiger partial charge in [-0.15, -0.1) is 0 Å². The molecular formula is C19H24N4O. The van der Waals surface area contributed by atoms with E-state index in [9.17, 15) is 4.79 Å². The minimum absolute atomic E-state index is 0.125. The van der Waals surface area contributed by atoms with Crippen LogP contribution in [0, 0.1) is 6.92 Å². The number of nitrogens with zero attached hydrogens (tertiary/aromatic N) is 2. The maximum absolute atomic E-state index is 12.2. The number of aromatic nitrogens is 1. The van der Waals surface area contributed by atoms with Crippen molar-refractivity contribution in [2.75, 3.05) is 18.0 Å². The predicted molar refractivity (Wildman–Crippen MR) is 96.0 cm³/mol. The molecule has 1 fully saturated rings. The van der Waals surface area contributed by atoms with Crippen LogP contribution in [-0.4, -0.2) is 30.1 Å². The van der Waals surface area contributed by atoms with E-state index in [1.165, 1.54) is 5.69 Å². The molecule has 1 atom stereocenters. The van der Waals surface area contributed by atoms with Crippen LogP contribution >= 0.6 is 0 Å². The summed E-state index contributed by atoms with van der Waals surface area (Å²) in [5.74, 6) is 0. The lowest BCUT2D eigenvalue weighted by atomic mass is 10.1. The van der Waals surface area contributed by atoms with Crippen LogP contribution in [0.15, 0.2) is 48.7 Å². The molecule has 0 radical (unpaired) electrons. The van der Waals surface area contributed by atoms with Crippen LogP contribution in [0.3, 0.4) is 0 Å². The van der Waals surface area contributed by atoms with Crippen molar-refractivity contribution in [3.05, 3.63) is 59.9 Å². The van der Waals surface area contributed by atoms with Gasteiger partial charge in [0.25, 0.3) is 0 Å². The Morgan fingerprint density at radius 1 is 1.25 bits per heavy atom. The number of hydrogen-bond acceptors (Lipinski definition) is 3. The molecule has 24 heavy (non-hydrogen) atoms. The first kappa shape index (κ1) is 16.3. The standard InChI is InChI=1S/C19H24N4O/c1-15-7-5-11-20-18(15)13-21-19(24)22-16-8-6-12-23(14-16)17-9-3-2-4-10-17/h2-5,7,9-11,16H,6,8,12-14H2,1H3,(H2,21,22,24)/t16-/m1/s1. The Hall–Kier alpha value is -2.56. The van der Waals surface area contributed by atoms with Crippen molar-refractivity contribution in [2.45, 2.75) is 32.4 Å². The number of aryl methyl sites for hydroxylation is 1. The number of pyridine rings is 1. The molecule has 3 rings (SSSR count). The van der Waals surface area contributed by atoms with Crippen LogP contribution in [0.25, 0.3) is 0 Å². The van der Waals surface area contributed by atoms with Crippen molar-refractivity contribution in [3.63, 3.8) is 0 Å². The topological polar surface area (TPSA) is 57.3 Å². The summed E-state index contributed by atoms with van der Waals surface area (Å²) >= 11 is 0. The van der Waals surface area contributed by atoms with E-state index < -0.39 is 0 Å². The van der Waals surface area contributed by atoms with Gasteiger partial charge in [-0.1, -0.05) is 24.3 Å². The summed E-state index contributed by atoms with van der Waals surface area (Å²) in [6.45, 7) is 4.34. The Labute approximate surface area is 143 Å². The molecule has 1 saturated heterocycles. The van der Waals surface area contributed by atoms with Gasteiger partial charge < -0.3 is 15.5 Å². The van der Waals surface area contributed by atoms with Gasteiger partial charge in [-0.05, 0) is 43.5 Å². The van der Waals surface area contributed by atoms with Crippen LogP contribution in [0.4, 0.5) is 10.5 Å². The van der Waals surface area contributed by atoms with E-state index in [0.717, 1.165) is 37.2 Å². The minimum Gasteiger partial charge on any atom is -0.369 e. The maximum atomic E-state index is 12.2. The lowest BCUT2D eigenvalue weighted by Crippen LogP contribution is -2.50. The van der Waals surface area contributed by atoms with Crippen molar-refractivity contribution in [1.29, 1.82) is 0 Å². The summed E-state index contributed by atoms with van der Waals surface area (Å²) in [7, 11) is 0. The van der Waals surface area contributed by atoms with Gasteiger partial charge in [0.05, 0.1) is 12.2 Å². The largest absolute Gasteiger partial charge is 0.369 e. The van der Waals surface area contributed by atoms with Gasteiger partial charge in [0.2, 0.25) is 0 Å². The van der Waals surface area contributed by atoms with E-state index in [2.05, 4.69) is 32.7 Å². The zero-order valence-electron chi connectivity index (χ0n) is 14.0. The van der Waals surface area contributed by atoms with Crippen LogP contribution in [0.2, 0.25) is 0 Å². The van der Waals surface area contributed by atoms with Gasteiger partial charge in [0.15, 0.2) is 0 Å². The fourth-order valence-corrected chi connectivity index (χ4v) is 3.07. The SMILES string of the molecule is Cc1cccnc1CNC(=O)N[C@@H]1CCCN(c2ccccc2)C1. The number of para-hydroxylation sites is 1. The van der Waals surface area contributed by atoms with Gasteiger partial charge in [-0.3, -0.25) is 4.98 Å². The van der Waals surface area contributed by atoms with Crippen molar-refractivity contribution in [2.24, 2.45) is 0 Å². The Bertz CT molecular complexity index is 674. The molecule has 2 aromatic rings. The van der Waals surface area contributed by atoms with Gasteiger partial charge in [0, 0.05) is 31.0 Å². The molecule has 5 heteroatoms. The maximum Gasteiger partial charge on any atom is 0.315 e. The van der Waals surface area contributed by atoms with Crippen molar-refractivity contribution in [1.82, 2.24) is 15.6 Å². The number of nitrogens with one attached hydrogen (secondary N) is 2. The Balaban J connectivity index is 1.50. The number of urea groups is 1. The number of benzene rings is 1. The summed E-state index contributed by atoms with van der Waals surface area (Å²) in [6, 6.07) is 14.3. The average molecular weight is 324 g/mol. The molecule has 126 valence electrons. The third-order valence-corrected chi connectivity index (χ3v) is 4.41. The quantitative estimate of drug-likeness (QED) is 0.909. The second kappa shape index (κ2) is 7.81. The molecule has 1 aliphatic rings. The van der Waals surface area contributed by atoms with Gasteiger partial charge in [0.1, 0.15) is 0 Å². The van der Waals surface area contributed by atoms with E-state index in [1.54, 1.807) is 6.20 Å². The first-order valence-electron chi connectivity index (χ1n) is 8.47. The Kier molecular flexibility index (Phi) is 5.31. The van der Waals surface area contributed by atoms with E-state index in [0.29, 0.717) is 6.54 Å². The zero-order chi connectivity index (χ0) is 16.8. The summed E-state index contributed by atoms with van der Waals surface area (Å²) < 4.78 is 0. The highest BCUT2D eigenvalue weighted by atomic mass is 16.2. The first-order valence-corrected chi connectivity index (χ1v) is 8.47. The van der Waals surface area contributed by atoms with Crippen LogP contribution in [0.1, 0.15) is 24.1 Å². The normalized spacial score (nSPS) is 17.4. The van der Waals surface area contributed by atoms with Crippen molar-refractivity contribution >= 4 is 11.7 Å². The second-order valence-electron chi connectivity index (χ2n) is 6.21. The number of amides is 2. The van der Waals surface area contributed by atoms with E-state index >= 15 is 0 Å². The number of hydrogen-bond donors (Lipinski definition) is 2. The van der Waals surface area contributed by atoms with E-state index in [-0.39, 0.29) is 12.1 Å². The second-order valence-corrected chi connectivity index (χ2v) is 6.21. The van der Waals surface area contributed by atoms with Crippen LogP contribution in [0.5, 0.6) is 0 Å². The Morgan fingerprint density at radius 2 is 2.08 bits per heavy atom. The molecule has 0 bridgehead atoms. The average Bonchev–Trinajstić information content (AvgIpc) is 2.62. The van der Waals surface area contributed by atoms with Crippen molar-refractivity contribution < 1.29 is 4.79 Å². The molecule has 2 amide bonds. The fourth-order valence-electron chi connectivity index (χ4n) is 3.07. The van der Waals surface area contributed by atoms with Crippen LogP contribution < -0.4 is 15.5 Å². The smallest absolute Gasteiger partial charge is 0.315 e. The molecule has 0 spiro atoms. The predicted octanol–water partition coefficient (Wildman–Crippen LogP) is 2.86. The number of carbonyl (C=O) groups is 1. The van der Waals surface area contributed by atoms with Gasteiger partial charge in [-0.2, -0.15) is 0 Å². The van der Waals surface area contributed by atoms with Gasteiger partial charge in [-0.25, -0.2) is 4.79 Å². The highest BCUT2D eigenvalue weighted by molar-refractivity contribution is 5.74. The highest BCUT2D eigenvalue weighted by Crippen LogP contribution is 2.19. The molecule has 1 aliphatic heterocycles. The number of rotatable bonds is 4. The van der Waals surface area contributed by atoms with E-state index in [1.807, 2.05) is 37.3 Å². The summed E-state index contributed by atoms with van der Waals surface area (Å²) in [5.41, 5.74) is 3.21. The monoisotopic (exact) mass is 324 g/mol. The summed E-state index contributed by atoms with van der Waals surface area (Å²) in [4.78, 5) is 18.8. The molecule has 0 unspecified atom stereocenters. The summed E-state index contributed by atoms with van der Waals surface area (Å²) in [6.07, 6.45) is 3.85. The summed E-state index contributed by atoms with van der Waals surface area (Å²) in [5, 5.41) is 6.00. The van der Waals surface area contributed by atoms with Crippen LogP contribution in [-0.2, 0) is 6.54 Å². The van der Waals surface area contributed by atoms with E-state index in [4.69, 9.17) is 0 Å². The molecule has 5 nitrogen and oxygen atoms in total. The molecule has 0 aliphatic carbocycles. The molecular weight excluding hydrogens is 300 g/mol. The first-order chi connectivity index (χ1) is 11.7. The highest BCUT2D eigenvalue weighted by Gasteiger charge is 2.21. The number of anilines is 1. The lowest BCUT2D eigenvalue weighted by Gasteiger charge is -2.34. The Morgan fingerprint density at radius 3 is 2.88 bits per heavy atom. The third-order valence-electron chi connectivity index (χ3n) is 4.41. The number of piperidine rings is 1. The molecule has 2 heterocycles. The molecule has 0 saturated carbocycles. The lowest BCUT2D eigenvalue weighted by molar-refractivity contribution is 0.234. The molecule has 1 aromatic heterocycles. The number of carbonyl (C=O) groups excluding carboxylic acids is 1. The molecule has 2 N–H and O–H groups in total. The molecule has 1 aromatic carbocycles.